The minimum atomic E-state index is -0.148. The minimum absolute atomic E-state index is 0.0127. The Morgan fingerprint density at radius 1 is 1.14 bits per heavy atom. The normalized spacial score (nSPS) is 16.7. The van der Waals surface area contributed by atoms with Crippen molar-refractivity contribution in [2.24, 2.45) is 7.05 Å². The van der Waals surface area contributed by atoms with Crippen LogP contribution in [0.25, 0.3) is 21.0 Å². The van der Waals surface area contributed by atoms with Crippen molar-refractivity contribution in [1.29, 1.82) is 0 Å². The topological polar surface area (TPSA) is 68.1 Å². The summed E-state index contributed by atoms with van der Waals surface area (Å²) in [5, 5.41) is 6.73. The van der Waals surface area contributed by atoms with Crippen molar-refractivity contribution in [3.05, 3.63) is 69.6 Å². The summed E-state index contributed by atoms with van der Waals surface area (Å²) in [5.74, 6) is 0.0306. The molecule has 1 unspecified atom stereocenters. The van der Waals surface area contributed by atoms with E-state index in [0.29, 0.717) is 11.1 Å². The Morgan fingerprint density at radius 3 is 2.72 bits per heavy atom. The van der Waals surface area contributed by atoms with Gasteiger partial charge in [-0.25, -0.2) is 9.67 Å². The maximum Gasteiger partial charge on any atom is 0.274 e. The second-order valence-electron chi connectivity index (χ2n) is 7.36. The quantitative estimate of drug-likeness (QED) is 0.525. The van der Waals surface area contributed by atoms with Gasteiger partial charge in [-0.1, -0.05) is 30.3 Å². The van der Waals surface area contributed by atoms with Gasteiger partial charge in [0.15, 0.2) is 0 Å². The fourth-order valence-electron chi connectivity index (χ4n) is 4.11. The predicted octanol–water partition coefficient (Wildman–Crippen LogP) is 3.45. The first kappa shape index (κ1) is 18.0. The van der Waals surface area contributed by atoms with Gasteiger partial charge >= 0.3 is 0 Å². The molecule has 0 aliphatic carbocycles. The van der Waals surface area contributed by atoms with Crippen LogP contribution in [0, 0.1) is 0 Å². The largest absolute Gasteiger partial charge is 0.333 e. The lowest BCUT2D eigenvalue weighted by Crippen LogP contribution is -2.33. The number of likely N-dealkylation sites (tertiary alicyclic amines) is 1. The maximum atomic E-state index is 13.2. The molecular weight excluding hydrogens is 384 g/mol. The number of fused-ring (bicyclic) bond motifs is 2. The Morgan fingerprint density at radius 2 is 1.90 bits per heavy atom. The van der Waals surface area contributed by atoms with E-state index in [1.807, 2.05) is 41.3 Å². The van der Waals surface area contributed by atoms with Gasteiger partial charge in [0, 0.05) is 19.0 Å². The molecule has 1 aliphatic rings. The summed E-state index contributed by atoms with van der Waals surface area (Å²) in [7, 11) is 1.63. The molecule has 1 atom stereocenters. The van der Waals surface area contributed by atoms with Crippen LogP contribution in [0.2, 0.25) is 0 Å². The summed E-state index contributed by atoms with van der Waals surface area (Å²) in [6.45, 7) is 0.725. The lowest BCUT2D eigenvalue weighted by molar-refractivity contribution is -0.131. The average molecular weight is 404 g/mol. The van der Waals surface area contributed by atoms with Gasteiger partial charge in [-0.05, 0) is 31.0 Å². The van der Waals surface area contributed by atoms with Gasteiger partial charge in [0.2, 0.25) is 5.91 Å². The Bertz CT molecular complexity index is 1260. The molecule has 0 N–H and O–H groups in total. The predicted molar refractivity (Wildman–Crippen MR) is 114 cm³/mol. The number of para-hydroxylation sites is 1. The van der Waals surface area contributed by atoms with Crippen molar-refractivity contribution < 1.29 is 4.79 Å². The Balaban J connectivity index is 1.47. The van der Waals surface area contributed by atoms with Gasteiger partial charge in [0.05, 0.1) is 33.8 Å². The van der Waals surface area contributed by atoms with Crippen LogP contribution < -0.4 is 5.56 Å². The third-order valence-electron chi connectivity index (χ3n) is 5.52. The summed E-state index contributed by atoms with van der Waals surface area (Å²) in [6.07, 6.45) is 2.07. The Hall–Kier alpha value is -3.06. The van der Waals surface area contributed by atoms with Crippen molar-refractivity contribution in [2.45, 2.75) is 25.3 Å². The van der Waals surface area contributed by atoms with Crippen LogP contribution in [0.4, 0.5) is 0 Å². The summed E-state index contributed by atoms with van der Waals surface area (Å²) >= 11 is 1.66. The van der Waals surface area contributed by atoms with E-state index in [4.69, 9.17) is 4.98 Å². The van der Waals surface area contributed by atoms with E-state index >= 15 is 0 Å². The first-order chi connectivity index (χ1) is 14.1. The number of amides is 1. The van der Waals surface area contributed by atoms with E-state index in [1.54, 1.807) is 24.5 Å². The zero-order valence-electron chi connectivity index (χ0n) is 16.0. The molecule has 0 bridgehead atoms. The van der Waals surface area contributed by atoms with Gasteiger partial charge in [-0.15, -0.1) is 11.3 Å². The van der Waals surface area contributed by atoms with Gasteiger partial charge in [-0.2, -0.15) is 5.10 Å². The molecule has 5 rings (SSSR count). The third-order valence-corrected chi connectivity index (χ3v) is 6.66. The molecule has 4 aromatic rings. The van der Waals surface area contributed by atoms with Crippen LogP contribution in [0.5, 0.6) is 0 Å². The molecule has 29 heavy (non-hydrogen) atoms. The molecule has 0 spiro atoms. The van der Waals surface area contributed by atoms with E-state index < -0.39 is 0 Å². The number of hydrogen-bond donors (Lipinski definition) is 0. The molecule has 1 saturated heterocycles. The highest BCUT2D eigenvalue weighted by atomic mass is 32.1. The van der Waals surface area contributed by atoms with Crippen molar-refractivity contribution in [3.8, 4) is 0 Å². The maximum absolute atomic E-state index is 13.2. The summed E-state index contributed by atoms with van der Waals surface area (Å²) in [5.41, 5.74) is 1.48. The minimum Gasteiger partial charge on any atom is -0.333 e. The van der Waals surface area contributed by atoms with Crippen LogP contribution >= 0.6 is 11.3 Å². The van der Waals surface area contributed by atoms with Gasteiger partial charge in [-0.3, -0.25) is 9.59 Å². The SMILES string of the molecule is Cn1nc(CC(=O)N2CCCC2c2nc3ccccc3s2)c2ccccc2c1=O. The number of carbonyl (C=O) groups is 1. The smallest absolute Gasteiger partial charge is 0.274 e. The highest BCUT2D eigenvalue weighted by Gasteiger charge is 2.32. The molecule has 0 radical (unpaired) electrons. The summed E-state index contributed by atoms with van der Waals surface area (Å²) in [4.78, 5) is 32.3. The Kier molecular flexibility index (Phi) is 4.39. The molecule has 1 fully saturated rings. The average Bonchev–Trinajstić information content (AvgIpc) is 3.38. The molecule has 2 aromatic carbocycles. The van der Waals surface area contributed by atoms with Crippen molar-refractivity contribution in [3.63, 3.8) is 0 Å². The molecule has 1 aliphatic heterocycles. The number of nitrogens with zero attached hydrogens (tertiary/aromatic N) is 4. The number of carbonyl (C=O) groups excluding carboxylic acids is 1. The number of hydrogen-bond acceptors (Lipinski definition) is 5. The van der Waals surface area contributed by atoms with E-state index in [2.05, 4.69) is 11.2 Å². The molecule has 3 heterocycles. The van der Waals surface area contributed by atoms with E-state index in [0.717, 1.165) is 40.0 Å². The third kappa shape index (κ3) is 3.11. The number of thiazole rings is 1. The molecule has 1 amide bonds. The molecule has 6 nitrogen and oxygen atoms in total. The Labute approximate surface area is 171 Å². The second kappa shape index (κ2) is 7.08. The second-order valence-corrected chi connectivity index (χ2v) is 8.43. The fraction of sp³-hybridized carbons (Fsp3) is 0.273. The highest BCUT2D eigenvalue weighted by molar-refractivity contribution is 7.18. The van der Waals surface area contributed by atoms with Crippen LogP contribution in [-0.4, -0.2) is 32.1 Å². The molecule has 146 valence electrons. The van der Waals surface area contributed by atoms with Gasteiger partial charge in [0.25, 0.3) is 5.56 Å². The van der Waals surface area contributed by atoms with Crippen molar-refractivity contribution in [2.75, 3.05) is 6.54 Å². The molecular formula is C22H20N4O2S. The molecule has 2 aromatic heterocycles. The standard InChI is InChI=1S/C22H20N4O2S/c1-25-22(28)15-8-3-2-7-14(15)17(24-25)13-20(27)26-12-6-10-18(26)21-23-16-9-4-5-11-19(16)29-21/h2-5,7-9,11,18H,6,10,12-13H2,1H3. The van der Waals surface area contributed by atoms with E-state index in [-0.39, 0.29) is 23.9 Å². The summed E-state index contributed by atoms with van der Waals surface area (Å²) in [6, 6.07) is 15.4. The first-order valence-corrected chi connectivity index (χ1v) is 10.5. The van der Waals surface area contributed by atoms with Crippen LogP contribution in [0.1, 0.15) is 29.6 Å². The molecule has 0 saturated carbocycles. The number of aryl methyl sites for hydroxylation is 1. The number of benzene rings is 2. The lowest BCUT2D eigenvalue weighted by atomic mass is 10.1. The highest BCUT2D eigenvalue weighted by Crippen LogP contribution is 2.36. The zero-order chi connectivity index (χ0) is 20.0. The zero-order valence-corrected chi connectivity index (χ0v) is 16.9. The van der Waals surface area contributed by atoms with E-state index in [1.165, 1.54) is 4.68 Å². The van der Waals surface area contributed by atoms with E-state index in [9.17, 15) is 9.59 Å². The summed E-state index contributed by atoms with van der Waals surface area (Å²) < 4.78 is 2.47. The van der Waals surface area contributed by atoms with Crippen LogP contribution in [-0.2, 0) is 18.3 Å². The monoisotopic (exact) mass is 404 g/mol. The van der Waals surface area contributed by atoms with Gasteiger partial charge < -0.3 is 4.90 Å². The number of aromatic nitrogens is 3. The fourth-order valence-corrected chi connectivity index (χ4v) is 5.22. The van der Waals surface area contributed by atoms with Crippen LogP contribution in [0.3, 0.4) is 0 Å². The number of rotatable bonds is 3. The molecule has 7 heteroatoms. The van der Waals surface area contributed by atoms with Gasteiger partial charge in [0.1, 0.15) is 5.01 Å². The van der Waals surface area contributed by atoms with Crippen molar-refractivity contribution >= 4 is 38.2 Å². The lowest BCUT2D eigenvalue weighted by Gasteiger charge is -2.23. The van der Waals surface area contributed by atoms with Crippen LogP contribution in [0.15, 0.2) is 53.3 Å². The van der Waals surface area contributed by atoms with Crippen molar-refractivity contribution in [1.82, 2.24) is 19.7 Å². The first-order valence-electron chi connectivity index (χ1n) is 9.71.